The van der Waals surface area contributed by atoms with E-state index in [4.69, 9.17) is 16.3 Å². The van der Waals surface area contributed by atoms with Crippen molar-refractivity contribution in [3.8, 4) is 5.75 Å². The van der Waals surface area contributed by atoms with Crippen molar-refractivity contribution in [2.45, 2.75) is 45.7 Å². The summed E-state index contributed by atoms with van der Waals surface area (Å²) in [5, 5.41) is 4.39. The summed E-state index contributed by atoms with van der Waals surface area (Å²) in [7, 11) is 0. The van der Waals surface area contributed by atoms with E-state index in [2.05, 4.69) is 26.1 Å². The monoisotopic (exact) mass is 253 g/mol. The van der Waals surface area contributed by atoms with Gasteiger partial charge in [0.15, 0.2) is 0 Å². The van der Waals surface area contributed by atoms with E-state index in [1.807, 2.05) is 12.1 Å². The van der Waals surface area contributed by atoms with Crippen molar-refractivity contribution >= 4 is 11.6 Å². The number of ether oxygens (including phenoxy) is 1. The van der Waals surface area contributed by atoms with Crippen molar-refractivity contribution in [1.82, 2.24) is 5.32 Å². The standard InChI is InChI=1S/C14H20ClNO/c1-9(2)16-13-5-4-6-17-14-10(3)7-11(15)8-12(13)14/h7-9,13,16H,4-6H2,1-3H3. The van der Waals surface area contributed by atoms with Crippen LogP contribution in [-0.4, -0.2) is 12.6 Å². The molecule has 0 saturated heterocycles. The molecule has 1 aliphatic heterocycles. The van der Waals surface area contributed by atoms with Crippen LogP contribution in [0.2, 0.25) is 5.02 Å². The second-order valence-corrected chi connectivity index (χ2v) is 5.44. The van der Waals surface area contributed by atoms with Crippen LogP contribution >= 0.6 is 11.6 Å². The molecule has 1 heterocycles. The molecule has 0 spiro atoms. The molecular weight excluding hydrogens is 234 g/mol. The zero-order valence-corrected chi connectivity index (χ0v) is 11.5. The highest BCUT2D eigenvalue weighted by atomic mass is 35.5. The number of benzene rings is 1. The number of fused-ring (bicyclic) bond motifs is 1. The molecule has 0 aromatic heterocycles. The van der Waals surface area contributed by atoms with Gasteiger partial charge >= 0.3 is 0 Å². The van der Waals surface area contributed by atoms with Gasteiger partial charge in [-0.1, -0.05) is 25.4 Å². The average Bonchev–Trinajstić information content (AvgIpc) is 2.41. The molecule has 1 N–H and O–H groups in total. The van der Waals surface area contributed by atoms with Crippen molar-refractivity contribution in [3.05, 3.63) is 28.3 Å². The summed E-state index contributed by atoms with van der Waals surface area (Å²) in [5.41, 5.74) is 2.34. The molecule has 1 aromatic rings. The van der Waals surface area contributed by atoms with Crippen LogP contribution in [0.15, 0.2) is 12.1 Å². The maximum atomic E-state index is 6.15. The molecular formula is C14H20ClNO. The van der Waals surface area contributed by atoms with Gasteiger partial charge in [0, 0.05) is 22.7 Å². The van der Waals surface area contributed by atoms with Gasteiger partial charge in [0.1, 0.15) is 5.75 Å². The van der Waals surface area contributed by atoms with Gasteiger partial charge in [-0.3, -0.25) is 0 Å². The summed E-state index contributed by atoms with van der Waals surface area (Å²) in [6.07, 6.45) is 2.18. The first-order chi connectivity index (χ1) is 8.08. The Morgan fingerprint density at radius 1 is 1.41 bits per heavy atom. The lowest BCUT2D eigenvalue weighted by atomic mass is 9.99. The summed E-state index contributed by atoms with van der Waals surface area (Å²) < 4.78 is 5.85. The smallest absolute Gasteiger partial charge is 0.127 e. The SMILES string of the molecule is Cc1cc(Cl)cc2c1OCCCC2NC(C)C. The molecule has 1 aliphatic rings. The summed E-state index contributed by atoms with van der Waals surface area (Å²) in [6, 6.07) is 4.82. The maximum Gasteiger partial charge on any atom is 0.127 e. The fourth-order valence-electron chi connectivity index (χ4n) is 2.40. The minimum atomic E-state index is 0.352. The fraction of sp³-hybridized carbons (Fsp3) is 0.571. The third-order valence-electron chi connectivity index (χ3n) is 3.06. The van der Waals surface area contributed by atoms with Gasteiger partial charge in [-0.05, 0) is 37.5 Å². The number of hydrogen-bond acceptors (Lipinski definition) is 2. The summed E-state index contributed by atoms with van der Waals surface area (Å²) in [6.45, 7) is 7.19. The van der Waals surface area contributed by atoms with Gasteiger partial charge < -0.3 is 10.1 Å². The number of rotatable bonds is 2. The molecule has 0 fully saturated rings. The van der Waals surface area contributed by atoms with E-state index in [1.165, 1.54) is 5.56 Å². The molecule has 1 aromatic carbocycles. The van der Waals surface area contributed by atoms with Crippen molar-refractivity contribution in [2.24, 2.45) is 0 Å². The first-order valence-corrected chi connectivity index (χ1v) is 6.64. The van der Waals surface area contributed by atoms with E-state index in [0.717, 1.165) is 35.8 Å². The van der Waals surface area contributed by atoms with Crippen LogP contribution in [0.1, 0.15) is 43.9 Å². The van der Waals surface area contributed by atoms with E-state index >= 15 is 0 Å². The molecule has 0 saturated carbocycles. The van der Waals surface area contributed by atoms with Crippen LogP contribution < -0.4 is 10.1 Å². The second-order valence-electron chi connectivity index (χ2n) is 5.01. The fourth-order valence-corrected chi connectivity index (χ4v) is 2.69. The van der Waals surface area contributed by atoms with Crippen LogP contribution in [-0.2, 0) is 0 Å². The summed E-state index contributed by atoms with van der Waals surface area (Å²) in [5.74, 6) is 1.02. The quantitative estimate of drug-likeness (QED) is 0.864. The van der Waals surface area contributed by atoms with Crippen molar-refractivity contribution < 1.29 is 4.74 Å². The Labute approximate surface area is 108 Å². The molecule has 94 valence electrons. The predicted octanol–water partition coefficient (Wildman–Crippen LogP) is 3.86. The van der Waals surface area contributed by atoms with E-state index < -0.39 is 0 Å². The van der Waals surface area contributed by atoms with Gasteiger partial charge in [0.05, 0.1) is 6.61 Å². The van der Waals surface area contributed by atoms with E-state index in [9.17, 15) is 0 Å². The third kappa shape index (κ3) is 2.93. The van der Waals surface area contributed by atoms with Gasteiger partial charge in [-0.15, -0.1) is 0 Å². The van der Waals surface area contributed by atoms with E-state index in [1.54, 1.807) is 0 Å². The van der Waals surface area contributed by atoms with Gasteiger partial charge in [0.2, 0.25) is 0 Å². The lowest BCUT2D eigenvalue weighted by Gasteiger charge is -2.22. The molecule has 0 bridgehead atoms. The first kappa shape index (κ1) is 12.7. The Morgan fingerprint density at radius 2 is 2.18 bits per heavy atom. The topological polar surface area (TPSA) is 21.3 Å². The Bertz CT molecular complexity index is 403. The highest BCUT2D eigenvalue weighted by Gasteiger charge is 2.22. The highest BCUT2D eigenvalue weighted by Crippen LogP contribution is 2.36. The Morgan fingerprint density at radius 3 is 2.88 bits per heavy atom. The molecule has 1 unspecified atom stereocenters. The van der Waals surface area contributed by atoms with Crippen LogP contribution in [0.25, 0.3) is 0 Å². The second kappa shape index (κ2) is 5.28. The van der Waals surface area contributed by atoms with Crippen LogP contribution in [0, 0.1) is 6.92 Å². The molecule has 2 rings (SSSR count). The van der Waals surface area contributed by atoms with Gasteiger partial charge in [-0.25, -0.2) is 0 Å². The lowest BCUT2D eigenvalue weighted by Crippen LogP contribution is -2.28. The zero-order valence-electron chi connectivity index (χ0n) is 10.7. The molecule has 0 amide bonds. The first-order valence-electron chi connectivity index (χ1n) is 6.27. The zero-order chi connectivity index (χ0) is 12.4. The number of nitrogens with one attached hydrogen (secondary N) is 1. The minimum Gasteiger partial charge on any atom is -0.493 e. The van der Waals surface area contributed by atoms with E-state index in [0.29, 0.717) is 12.1 Å². The minimum absolute atomic E-state index is 0.352. The molecule has 3 heteroatoms. The van der Waals surface area contributed by atoms with Crippen LogP contribution in [0.4, 0.5) is 0 Å². The Balaban J connectivity index is 2.40. The number of aryl methyl sites for hydroxylation is 1. The van der Waals surface area contributed by atoms with Gasteiger partial charge in [-0.2, -0.15) is 0 Å². The largest absolute Gasteiger partial charge is 0.493 e. The van der Waals surface area contributed by atoms with Crippen molar-refractivity contribution in [1.29, 1.82) is 0 Å². The Hall–Kier alpha value is -0.730. The number of halogens is 1. The highest BCUT2D eigenvalue weighted by molar-refractivity contribution is 6.30. The Kier molecular flexibility index (Phi) is 3.95. The van der Waals surface area contributed by atoms with Gasteiger partial charge in [0.25, 0.3) is 0 Å². The maximum absolute atomic E-state index is 6.15. The van der Waals surface area contributed by atoms with Crippen LogP contribution in [0.5, 0.6) is 5.75 Å². The molecule has 0 radical (unpaired) electrons. The summed E-state index contributed by atoms with van der Waals surface area (Å²) >= 11 is 6.15. The molecule has 1 atom stereocenters. The normalized spacial score (nSPS) is 19.7. The summed E-state index contributed by atoms with van der Waals surface area (Å²) in [4.78, 5) is 0. The average molecular weight is 254 g/mol. The molecule has 0 aliphatic carbocycles. The number of hydrogen-bond donors (Lipinski definition) is 1. The van der Waals surface area contributed by atoms with Crippen molar-refractivity contribution in [2.75, 3.05) is 6.61 Å². The van der Waals surface area contributed by atoms with E-state index in [-0.39, 0.29) is 0 Å². The predicted molar refractivity (Wildman–Crippen MR) is 71.9 cm³/mol. The molecule has 2 nitrogen and oxygen atoms in total. The van der Waals surface area contributed by atoms with Crippen molar-refractivity contribution in [3.63, 3.8) is 0 Å². The molecule has 17 heavy (non-hydrogen) atoms. The third-order valence-corrected chi connectivity index (χ3v) is 3.28. The lowest BCUT2D eigenvalue weighted by molar-refractivity contribution is 0.313. The van der Waals surface area contributed by atoms with Crippen LogP contribution in [0.3, 0.4) is 0 Å².